The summed E-state index contributed by atoms with van der Waals surface area (Å²) in [7, 11) is -0.260. The minimum absolute atomic E-state index is 0. The summed E-state index contributed by atoms with van der Waals surface area (Å²) in [5, 5.41) is 2.88. The standard InChI is InChI=1S/C14H19Si.C5H5.C2H7Si.2ClH.Zr/c1-11-9-12-7-5-6-8-13(12)14(11)10-15(2,3)4;1-2-4-5-3-1;1-3-2;;;/h5-9H,10H2,1-4H3;1-5H;3H,1-2H3;2*1H;/q2*-1;;;;+4/p-2. The van der Waals surface area contributed by atoms with Gasteiger partial charge in [-0.2, -0.15) is 23.8 Å². The first-order valence-electron chi connectivity index (χ1n) is 8.43. The maximum absolute atomic E-state index is 2.44. The molecule has 0 fully saturated rings. The summed E-state index contributed by atoms with van der Waals surface area (Å²) in [5.41, 5.74) is 3.06. The minimum Gasteiger partial charge on any atom is -1.00 e. The number of benzene rings is 1. The summed E-state index contributed by atoms with van der Waals surface area (Å²) < 4.78 is 0. The molecular weight excluding hydrogens is 471 g/mol. The average molecular weight is 502 g/mol. The number of hydrogen-bond acceptors (Lipinski definition) is 0. The quantitative estimate of drug-likeness (QED) is 0.348. The molecule has 0 heterocycles. The Labute approximate surface area is 195 Å². The van der Waals surface area contributed by atoms with E-state index < -0.39 is 8.07 Å². The molecule has 0 aliphatic heterocycles. The predicted molar refractivity (Wildman–Crippen MR) is 112 cm³/mol. The molecule has 0 nitrogen and oxygen atoms in total. The van der Waals surface area contributed by atoms with Crippen LogP contribution < -0.4 is 24.8 Å². The van der Waals surface area contributed by atoms with Gasteiger partial charge in [-0.05, 0) is 0 Å². The van der Waals surface area contributed by atoms with Gasteiger partial charge in [-0.1, -0.05) is 51.8 Å². The summed E-state index contributed by atoms with van der Waals surface area (Å²) >= 11 is 0. The molecule has 0 unspecified atom stereocenters. The van der Waals surface area contributed by atoms with Crippen molar-refractivity contribution in [2.24, 2.45) is 0 Å². The summed E-state index contributed by atoms with van der Waals surface area (Å²) in [6.07, 6.45) is 0. The van der Waals surface area contributed by atoms with Gasteiger partial charge >= 0.3 is 26.2 Å². The summed E-state index contributed by atoms with van der Waals surface area (Å²) in [5.74, 6) is 0. The first-order chi connectivity index (χ1) is 10.9. The van der Waals surface area contributed by atoms with Crippen LogP contribution in [0.15, 0.2) is 60.7 Å². The summed E-state index contributed by atoms with van der Waals surface area (Å²) in [4.78, 5) is 0. The van der Waals surface area contributed by atoms with Crippen LogP contribution in [0.3, 0.4) is 0 Å². The molecule has 0 saturated heterocycles. The van der Waals surface area contributed by atoms with Crippen molar-refractivity contribution in [2.45, 2.75) is 45.7 Å². The van der Waals surface area contributed by atoms with Gasteiger partial charge in [0.15, 0.2) is 0 Å². The van der Waals surface area contributed by atoms with E-state index in [1.807, 2.05) is 30.3 Å². The first kappa shape index (κ1) is 30.8. The zero-order valence-corrected chi connectivity index (χ0v) is 22.9. The van der Waals surface area contributed by atoms with Gasteiger partial charge in [0, 0.05) is 17.6 Å². The molecule has 0 atom stereocenters. The average Bonchev–Trinajstić information content (AvgIpc) is 3.12. The van der Waals surface area contributed by atoms with Crippen LogP contribution in [0.1, 0.15) is 11.1 Å². The fourth-order valence-electron chi connectivity index (χ4n) is 2.52. The zero-order chi connectivity index (χ0) is 17.3. The number of rotatable bonds is 2. The van der Waals surface area contributed by atoms with Crippen molar-refractivity contribution in [3.05, 3.63) is 71.8 Å². The summed E-state index contributed by atoms with van der Waals surface area (Å²) in [6, 6.07) is 22.4. The minimum atomic E-state index is -1.01. The van der Waals surface area contributed by atoms with E-state index in [2.05, 4.69) is 70.0 Å². The first-order valence-corrected chi connectivity index (χ1v) is 14.4. The Bertz CT molecular complexity index is 654. The van der Waals surface area contributed by atoms with E-state index in [0.29, 0.717) is 0 Å². The molecular formula is C21H31Cl2Si2Zr. The van der Waals surface area contributed by atoms with E-state index in [1.165, 1.54) is 22.4 Å². The van der Waals surface area contributed by atoms with Crippen molar-refractivity contribution in [2.75, 3.05) is 0 Å². The SMILES string of the molecule is C[SiH]C.Cc1[cH-]c2ccccc2c1C[Si](C)(C)C.[Cl-].[Cl-].[Zr+4].c1cc[cH-]c1. The van der Waals surface area contributed by atoms with Gasteiger partial charge in [-0.15, -0.1) is 40.6 Å². The largest absolute Gasteiger partial charge is 4.00 e. The van der Waals surface area contributed by atoms with Crippen LogP contribution in [0.5, 0.6) is 0 Å². The van der Waals surface area contributed by atoms with Crippen LogP contribution in [-0.2, 0) is 32.2 Å². The second-order valence-corrected chi connectivity index (χ2v) is 13.8. The molecule has 0 aliphatic carbocycles. The Morgan fingerprint density at radius 3 is 1.85 bits per heavy atom. The Morgan fingerprint density at radius 2 is 1.42 bits per heavy atom. The molecule has 0 spiro atoms. The molecule has 0 aliphatic rings. The van der Waals surface area contributed by atoms with Gasteiger partial charge < -0.3 is 24.8 Å². The summed E-state index contributed by atoms with van der Waals surface area (Å²) in [6.45, 7) is 14.0. The van der Waals surface area contributed by atoms with Crippen LogP contribution in [0, 0.1) is 6.92 Å². The maximum atomic E-state index is 2.44. The topological polar surface area (TPSA) is 0 Å². The van der Waals surface area contributed by atoms with Gasteiger partial charge in [0.2, 0.25) is 0 Å². The molecule has 5 heteroatoms. The Morgan fingerprint density at radius 1 is 0.923 bits per heavy atom. The van der Waals surface area contributed by atoms with Gasteiger partial charge in [0.1, 0.15) is 0 Å². The molecule has 0 N–H and O–H groups in total. The maximum Gasteiger partial charge on any atom is 4.00 e. The van der Waals surface area contributed by atoms with E-state index in [0.717, 1.165) is 9.52 Å². The Hall–Kier alpha value is 0.0769. The molecule has 0 amide bonds. The molecule has 1 radical (unpaired) electrons. The van der Waals surface area contributed by atoms with E-state index in [4.69, 9.17) is 0 Å². The number of halogens is 2. The van der Waals surface area contributed by atoms with Crippen molar-refractivity contribution in [1.82, 2.24) is 0 Å². The van der Waals surface area contributed by atoms with E-state index >= 15 is 0 Å². The second kappa shape index (κ2) is 16.1. The number of hydrogen-bond donors (Lipinski definition) is 0. The molecule has 0 aromatic heterocycles. The van der Waals surface area contributed by atoms with Crippen LogP contribution in [0.25, 0.3) is 10.8 Å². The molecule has 26 heavy (non-hydrogen) atoms. The van der Waals surface area contributed by atoms with E-state index in [1.54, 1.807) is 5.56 Å². The third kappa shape index (κ3) is 11.7. The molecule has 141 valence electrons. The van der Waals surface area contributed by atoms with Crippen LogP contribution in [0.2, 0.25) is 32.7 Å². The monoisotopic (exact) mass is 499 g/mol. The Balaban J connectivity index is -0.000000409. The van der Waals surface area contributed by atoms with Crippen molar-refractivity contribution in [3.63, 3.8) is 0 Å². The smallest absolute Gasteiger partial charge is 1.00 e. The van der Waals surface area contributed by atoms with Crippen LogP contribution in [0.4, 0.5) is 0 Å². The van der Waals surface area contributed by atoms with E-state index in [9.17, 15) is 0 Å². The van der Waals surface area contributed by atoms with E-state index in [-0.39, 0.29) is 51.0 Å². The van der Waals surface area contributed by atoms with Gasteiger partial charge in [0.05, 0.1) is 0 Å². The molecule has 3 aromatic carbocycles. The number of fused-ring (bicyclic) bond motifs is 1. The Kier molecular flexibility index (Phi) is 19.0. The van der Waals surface area contributed by atoms with Gasteiger partial charge in [-0.3, -0.25) is 0 Å². The fourth-order valence-corrected chi connectivity index (χ4v) is 4.05. The second-order valence-electron chi connectivity index (χ2n) is 7.17. The zero-order valence-electron chi connectivity index (χ0n) is 16.8. The predicted octanol–water partition coefficient (Wildman–Crippen LogP) is 0.217. The van der Waals surface area contributed by atoms with Crippen molar-refractivity contribution >= 4 is 28.4 Å². The molecule has 3 aromatic rings. The van der Waals surface area contributed by atoms with Crippen molar-refractivity contribution in [3.8, 4) is 0 Å². The normalized spacial score (nSPS) is 9.31. The molecule has 0 bridgehead atoms. The van der Waals surface area contributed by atoms with Gasteiger partial charge in [0.25, 0.3) is 0 Å². The number of aryl methyl sites for hydroxylation is 1. The molecule has 0 saturated carbocycles. The van der Waals surface area contributed by atoms with Crippen LogP contribution >= 0.6 is 0 Å². The van der Waals surface area contributed by atoms with Crippen molar-refractivity contribution < 1.29 is 51.0 Å². The molecule has 3 rings (SSSR count). The third-order valence-corrected chi connectivity index (χ3v) is 4.81. The van der Waals surface area contributed by atoms with Crippen molar-refractivity contribution in [1.29, 1.82) is 0 Å². The third-order valence-electron chi connectivity index (χ3n) is 3.40. The fraction of sp³-hybridized carbons (Fsp3) is 0.333. The van der Waals surface area contributed by atoms with Gasteiger partial charge in [-0.25, -0.2) is 12.1 Å². The van der Waals surface area contributed by atoms with Crippen LogP contribution in [-0.4, -0.2) is 17.6 Å².